The van der Waals surface area contributed by atoms with Crippen LogP contribution in [0.4, 0.5) is 0 Å². The van der Waals surface area contributed by atoms with Gasteiger partial charge in [0.25, 0.3) is 5.91 Å². The van der Waals surface area contributed by atoms with Crippen molar-refractivity contribution in [3.05, 3.63) is 48.1 Å². The molecular formula is C19H23NO3. The van der Waals surface area contributed by atoms with Crippen LogP contribution in [0.2, 0.25) is 0 Å². The highest BCUT2D eigenvalue weighted by atomic mass is 16.5. The minimum atomic E-state index is -0.471. The van der Waals surface area contributed by atoms with Crippen molar-refractivity contribution >= 4 is 5.91 Å². The van der Waals surface area contributed by atoms with Gasteiger partial charge in [-0.3, -0.25) is 4.79 Å². The maximum atomic E-state index is 12.7. The fourth-order valence-corrected chi connectivity index (χ4v) is 3.16. The highest BCUT2D eigenvalue weighted by molar-refractivity contribution is 5.82. The van der Waals surface area contributed by atoms with Gasteiger partial charge in [0.15, 0.2) is 17.6 Å². The van der Waals surface area contributed by atoms with E-state index in [1.807, 2.05) is 30.4 Å². The zero-order valence-corrected chi connectivity index (χ0v) is 13.7. The zero-order chi connectivity index (χ0) is 16.3. The van der Waals surface area contributed by atoms with Crippen molar-refractivity contribution in [3.8, 4) is 11.5 Å². The average Bonchev–Trinajstić information content (AvgIpc) is 2.61. The van der Waals surface area contributed by atoms with Crippen molar-refractivity contribution < 1.29 is 14.3 Å². The number of amides is 1. The number of nitrogens with one attached hydrogen (secondary N) is 1. The molecule has 0 aromatic heterocycles. The van der Waals surface area contributed by atoms with Crippen LogP contribution in [-0.4, -0.2) is 24.7 Å². The fourth-order valence-electron chi connectivity index (χ4n) is 3.16. The summed E-state index contributed by atoms with van der Waals surface area (Å²) in [5, 5.41) is 3.18. The second-order valence-corrected chi connectivity index (χ2v) is 6.08. The second-order valence-electron chi connectivity index (χ2n) is 6.08. The molecule has 4 heteroatoms. The summed E-state index contributed by atoms with van der Waals surface area (Å²) in [4.78, 5) is 12.7. The van der Waals surface area contributed by atoms with Crippen molar-refractivity contribution in [1.82, 2.24) is 5.32 Å². The van der Waals surface area contributed by atoms with Gasteiger partial charge in [0.1, 0.15) is 0 Å². The van der Waals surface area contributed by atoms with E-state index in [0.717, 1.165) is 24.8 Å². The molecule has 1 amide bonds. The number of carbonyl (C=O) groups excluding carboxylic acids is 1. The van der Waals surface area contributed by atoms with Gasteiger partial charge in [0.05, 0.1) is 12.6 Å². The molecule has 2 aliphatic rings. The number of benzene rings is 1. The molecule has 1 aliphatic heterocycles. The topological polar surface area (TPSA) is 47.6 Å². The smallest absolute Gasteiger partial charge is 0.261 e. The lowest BCUT2D eigenvalue weighted by molar-refractivity contribution is -0.130. The zero-order valence-electron chi connectivity index (χ0n) is 13.7. The van der Waals surface area contributed by atoms with E-state index in [0.29, 0.717) is 17.9 Å². The normalized spacial score (nSPS) is 25.4. The van der Waals surface area contributed by atoms with Gasteiger partial charge >= 0.3 is 0 Å². The van der Waals surface area contributed by atoms with E-state index in [4.69, 9.17) is 9.47 Å². The number of rotatable bonds is 4. The van der Waals surface area contributed by atoms with Crippen molar-refractivity contribution in [2.45, 2.75) is 44.2 Å². The monoisotopic (exact) mass is 313 g/mol. The van der Waals surface area contributed by atoms with E-state index in [9.17, 15) is 4.79 Å². The molecule has 1 aliphatic carbocycles. The maximum absolute atomic E-state index is 12.7. The Hall–Kier alpha value is -2.23. The van der Waals surface area contributed by atoms with Crippen LogP contribution in [0.5, 0.6) is 11.5 Å². The van der Waals surface area contributed by atoms with E-state index in [-0.39, 0.29) is 11.4 Å². The summed E-state index contributed by atoms with van der Waals surface area (Å²) in [6.07, 6.45) is 10.9. The molecule has 1 aromatic carbocycles. The lowest BCUT2D eigenvalue weighted by Gasteiger charge is -2.34. The van der Waals surface area contributed by atoms with Gasteiger partial charge in [-0.25, -0.2) is 0 Å². The first-order valence-electron chi connectivity index (χ1n) is 8.16. The highest BCUT2D eigenvalue weighted by Gasteiger charge is 2.33. The van der Waals surface area contributed by atoms with Crippen LogP contribution in [0.25, 0.3) is 0 Å². The van der Waals surface area contributed by atoms with Gasteiger partial charge in [0.2, 0.25) is 0 Å². The van der Waals surface area contributed by atoms with Gasteiger partial charge in [-0.2, -0.15) is 0 Å². The molecule has 2 atom stereocenters. The van der Waals surface area contributed by atoms with Gasteiger partial charge in [0, 0.05) is 0 Å². The molecule has 0 fully saturated rings. The summed E-state index contributed by atoms with van der Waals surface area (Å²) in [6, 6.07) is 5.84. The summed E-state index contributed by atoms with van der Waals surface area (Å²) in [5.74, 6) is 1.33. The molecule has 1 heterocycles. The molecule has 122 valence electrons. The lowest BCUT2D eigenvalue weighted by atomic mass is 9.88. The fraction of sp³-hybridized carbons (Fsp3) is 0.421. The lowest BCUT2D eigenvalue weighted by Crippen LogP contribution is -2.52. The second kappa shape index (κ2) is 6.49. The summed E-state index contributed by atoms with van der Waals surface area (Å²) in [6.45, 7) is 2.09. The third-order valence-electron chi connectivity index (χ3n) is 4.66. The van der Waals surface area contributed by atoms with E-state index >= 15 is 0 Å². The number of hydrogen-bond donors (Lipinski definition) is 1. The summed E-state index contributed by atoms with van der Waals surface area (Å²) >= 11 is 0. The van der Waals surface area contributed by atoms with Gasteiger partial charge in [-0.1, -0.05) is 43.4 Å². The van der Waals surface area contributed by atoms with Crippen LogP contribution >= 0.6 is 0 Å². The van der Waals surface area contributed by atoms with Crippen molar-refractivity contribution in [2.24, 2.45) is 0 Å². The molecule has 1 unspecified atom stereocenters. The predicted molar refractivity (Wildman–Crippen MR) is 89.8 cm³/mol. The molecule has 1 N–H and O–H groups in total. The minimum Gasteiger partial charge on any atom is -0.493 e. The molecule has 23 heavy (non-hydrogen) atoms. The van der Waals surface area contributed by atoms with Crippen LogP contribution in [0.3, 0.4) is 0 Å². The SMILES string of the molecule is CC[C@@]1(NC(=O)C2CCc3cccc(OC)c3O2)C=CC=CC1. The number of para-hydroxylation sites is 1. The van der Waals surface area contributed by atoms with E-state index < -0.39 is 6.10 Å². The number of carbonyl (C=O) groups is 1. The quantitative estimate of drug-likeness (QED) is 0.929. The summed E-state index contributed by atoms with van der Waals surface area (Å²) < 4.78 is 11.3. The van der Waals surface area contributed by atoms with Gasteiger partial charge in [-0.15, -0.1) is 0 Å². The Bertz CT molecular complexity index is 636. The maximum Gasteiger partial charge on any atom is 0.261 e. The molecule has 0 radical (unpaired) electrons. The first-order valence-corrected chi connectivity index (χ1v) is 8.16. The largest absolute Gasteiger partial charge is 0.493 e. The Morgan fingerprint density at radius 2 is 2.30 bits per heavy atom. The van der Waals surface area contributed by atoms with E-state index in [1.165, 1.54) is 0 Å². The molecule has 0 saturated heterocycles. The molecule has 0 bridgehead atoms. The number of aryl methyl sites for hydroxylation is 1. The molecule has 0 spiro atoms. The van der Waals surface area contributed by atoms with Crippen LogP contribution in [-0.2, 0) is 11.2 Å². The first-order chi connectivity index (χ1) is 11.2. The summed E-state index contributed by atoms with van der Waals surface area (Å²) in [7, 11) is 1.62. The van der Waals surface area contributed by atoms with Gasteiger partial charge < -0.3 is 14.8 Å². The molecule has 0 saturated carbocycles. The predicted octanol–water partition coefficient (Wildman–Crippen LogP) is 3.17. The van der Waals surface area contributed by atoms with Crippen LogP contribution < -0.4 is 14.8 Å². The van der Waals surface area contributed by atoms with Crippen molar-refractivity contribution in [1.29, 1.82) is 0 Å². The number of allylic oxidation sites excluding steroid dienone is 2. The Morgan fingerprint density at radius 1 is 1.43 bits per heavy atom. The van der Waals surface area contributed by atoms with Crippen LogP contribution in [0, 0.1) is 0 Å². The standard InChI is InChI=1S/C19H23NO3/c1-3-19(12-5-4-6-13-19)20-18(21)16-11-10-14-8-7-9-15(22-2)17(14)23-16/h4-9,12,16H,3,10-11,13H2,1-2H3,(H,20,21)/t16?,19-/m1/s1. The average molecular weight is 313 g/mol. The van der Waals surface area contributed by atoms with Crippen molar-refractivity contribution in [2.75, 3.05) is 7.11 Å². The van der Waals surface area contributed by atoms with Crippen LogP contribution in [0.15, 0.2) is 42.5 Å². The Labute approximate surface area is 137 Å². The number of methoxy groups -OCH3 is 1. The summed E-state index contributed by atoms with van der Waals surface area (Å²) in [5.41, 5.74) is 0.801. The van der Waals surface area contributed by atoms with E-state index in [1.54, 1.807) is 7.11 Å². The Morgan fingerprint density at radius 3 is 3.00 bits per heavy atom. The third kappa shape index (κ3) is 3.11. The third-order valence-corrected chi connectivity index (χ3v) is 4.66. The number of ether oxygens (including phenoxy) is 2. The van der Waals surface area contributed by atoms with Gasteiger partial charge in [-0.05, 0) is 37.3 Å². The number of fused-ring (bicyclic) bond motifs is 1. The Kier molecular flexibility index (Phi) is 4.42. The van der Waals surface area contributed by atoms with E-state index in [2.05, 4.69) is 24.4 Å². The Balaban J connectivity index is 1.74. The highest BCUT2D eigenvalue weighted by Crippen LogP contribution is 2.36. The first kappa shape index (κ1) is 15.7. The molecule has 4 nitrogen and oxygen atoms in total. The number of hydrogen-bond acceptors (Lipinski definition) is 3. The molecular weight excluding hydrogens is 290 g/mol. The minimum absolute atomic E-state index is 0.0524. The molecule has 1 aromatic rings. The van der Waals surface area contributed by atoms with Crippen molar-refractivity contribution in [3.63, 3.8) is 0 Å². The molecule has 3 rings (SSSR count). The van der Waals surface area contributed by atoms with Crippen LogP contribution in [0.1, 0.15) is 31.7 Å².